The van der Waals surface area contributed by atoms with E-state index in [1.54, 1.807) is 31.2 Å². The minimum Gasteiger partial charge on any atom is -0.481 e. The van der Waals surface area contributed by atoms with Crippen LogP contribution < -0.4 is 14.8 Å². The van der Waals surface area contributed by atoms with E-state index in [-0.39, 0.29) is 10.8 Å². The van der Waals surface area contributed by atoms with Gasteiger partial charge in [-0.2, -0.15) is 0 Å². The van der Waals surface area contributed by atoms with Crippen molar-refractivity contribution in [3.8, 4) is 5.75 Å². The number of benzene rings is 3. The maximum atomic E-state index is 12.5. The number of carbonyl (C=O) groups excluding carboxylic acids is 1. The van der Waals surface area contributed by atoms with Crippen LogP contribution in [0.25, 0.3) is 0 Å². The van der Waals surface area contributed by atoms with E-state index in [1.807, 2.05) is 32.0 Å². The van der Waals surface area contributed by atoms with Crippen molar-refractivity contribution in [2.24, 2.45) is 0 Å². The standard InChI is InChI=1S/C23H23ClN2O4S/c1-15-5-4-6-22(16(15)2)30-17(3)23(27)25-19-11-13-21(14-12-19)31(28,29)26-20-9-7-18(24)8-10-20/h4-14,17,26H,1-3H3,(H,25,27)/t17-/m1/s1. The second-order valence-electron chi connectivity index (χ2n) is 7.08. The number of sulfonamides is 1. The fourth-order valence-electron chi connectivity index (χ4n) is 2.79. The quantitative estimate of drug-likeness (QED) is 0.512. The molecule has 0 bridgehead atoms. The van der Waals surface area contributed by atoms with Gasteiger partial charge in [-0.1, -0.05) is 23.7 Å². The van der Waals surface area contributed by atoms with Crippen LogP contribution in [-0.4, -0.2) is 20.4 Å². The molecule has 3 aromatic rings. The molecule has 31 heavy (non-hydrogen) atoms. The summed E-state index contributed by atoms with van der Waals surface area (Å²) in [5, 5.41) is 3.25. The average molecular weight is 459 g/mol. The van der Waals surface area contributed by atoms with Gasteiger partial charge >= 0.3 is 0 Å². The zero-order valence-corrected chi connectivity index (χ0v) is 18.9. The largest absolute Gasteiger partial charge is 0.481 e. The fourth-order valence-corrected chi connectivity index (χ4v) is 3.97. The Morgan fingerprint density at radius 2 is 1.55 bits per heavy atom. The molecule has 0 radical (unpaired) electrons. The first-order chi connectivity index (χ1) is 14.7. The summed E-state index contributed by atoms with van der Waals surface area (Å²) in [7, 11) is -3.77. The maximum absolute atomic E-state index is 12.5. The maximum Gasteiger partial charge on any atom is 0.265 e. The lowest BCUT2D eigenvalue weighted by atomic mass is 10.1. The van der Waals surface area contributed by atoms with Crippen LogP contribution in [-0.2, 0) is 14.8 Å². The Hall–Kier alpha value is -3.03. The summed E-state index contributed by atoms with van der Waals surface area (Å²) in [5.74, 6) is 0.313. The van der Waals surface area contributed by atoms with E-state index in [1.165, 1.54) is 24.3 Å². The number of amides is 1. The molecule has 0 fully saturated rings. The molecule has 0 aliphatic heterocycles. The number of anilines is 2. The zero-order valence-electron chi connectivity index (χ0n) is 17.3. The molecule has 162 valence electrons. The van der Waals surface area contributed by atoms with Gasteiger partial charge in [0.2, 0.25) is 0 Å². The molecular weight excluding hydrogens is 436 g/mol. The first kappa shape index (κ1) is 22.7. The van der Waals surface area contributed by atoms with Gasteiger partial charge in [0.05, 0.1) is 4.90 Å². The summed E-state index contributed by atoms with van der Waals surface area (Å²) >= 11 is 5.82. The number of ether oxygens (including phenoxy) is 1. The number of rotatable bonds is 7. The molecule has 2 N–H and O–H groups in total. The summed E-state index contributed by atoms with van der Waals surface area (Å²) in [5.41, 5.74) is 2.92. The Balaban J connectivity index is 1.64. The molecule has 0 saturated carbocycles. The average Bonchev–Trinajstić information content (AvgIpc) is 2.73. The summed E-state index contributed by atoms with van der Waals surface area (Å²) in [6.45, 7) is 5.57. The summed E-state index contributed by atoms with van der Waals surface area (Å²) in [4.78, 5) is 12.6. The van der Waals surface area contributed by atoms with E-state index in [0.717, 1.165) is 11.1 Å². The van der Waals surface area contributed by atoms with Gasteiger partial charge in [0.15, 0.2) is 6.10 Å². The molecule has 0 aliphatic carbocycles. The van der Waals surface area contributed by atoms with Gasteiger partial charge in [-0.25, -0.2) is 8.42 Å². The Morgan fingerprint density at radius 1 is 0.935 bits per heavy atom. The van der Waals surface area contributed by atoms with E-state index in [2.05, 4.69) is 10.0 Å². The third-order valence-electron chi connectivity index (χ3n) is 4.76. The minimum absolute atomic E-state index is 0.0696. The van der Waals surface area contributed by atoms with Crippen LogP contribution in [0.5, 0.6) is 5.75 Å². The van der Waals surface area contributed by atoms with Gasteiger partial charge < -0.3 is 10.1 Å². The van der Waals surface area contributed by atoms with Crippen molar-refractivity contribution in [2.75, 3.05) is 10.0 Å². The molecule has 0 heterocycles. The Labute approximate surface area is 187 Å². The van der Waals surface area contributed by atoms with E-state index in [4.69, 9.17) is 16.3 Å². The molecule has 0 saturated heterocycles. The van der Waals surface area contributed by atoms with Crippen LogP contribution in [0.2, 0.25) is 5.02 Å². The SMILES string of the molecule is Cc1cccc(O[C@H](C)C(=O)Nc2ccc(S(=O)(=O)Nc3ccc(Cl)cc3)cc2)c1C. The van der Waals surface area contributed by atoms with Crippen molar-refractivity contribution >= 4 is 38.9 Å². The van der Waals surface area contributed by atoms with Crippen molar-refractivity contribution in [2.45, 2.75) is 31.8 Å². The van der Waals surface area contributed by atoms with Crippen molar-refractivity contribution in [3.63, 3.8) is 0 Å². The first-order valence-corrected chi connectivity index (χ1v) is 11.4. The van der Waals surface area contributed by atoms with Crippen LogP contribution in [0.15, 0.2) is 71.6 Å². The zero-order chi connectivity index (χ0) is 22.6. The van der Waals surface area contributed by atoms with Crippen LogP contribution in [0.4, 0.5) is 11.4 Å². The molecule has 0 aliphatic rings. The molecular formula is C23H23ClN2O4S. The first-order valence-electron chi connectivity index (χ1n) is 9.58. The van der Waals surface area contributed by atoms with Gasteiger partial charge in [-0.15, -0.1) is 0 Å². The summed E-state index contributed by atoms with van der Waals surface area (Å²) in [6, 6.07) is 17.9. The second kappa shape index (κ2) is 9.41. The van der Waals surface area contributed by atoms with Crippen molar-refractivity contribution in [3.05, 3.63) is 82.9 Å². The smallest absolute Gasteiger partial charge is 0.265 e. The third-order valence-corrected chi connectivity index (χ3v) is 6.41. The van der Waals surface area contributed by atoms with E-state index in [0.29, 0.717) is 22.1 Å². The molecule has 0 spiro atoms. The number of halogens is 1. The Morgan fingerprint density at radius 3 is 2.19 bits per heavy atom. The molecule has 0 unspecified atom stereocenters. The summed E-state index contributed by atoms with van der Waals surface area (Å²) in [6.07, 6.45) is -0.726. The van der Waals surface area contributed by atoms with Crippen molar-refractivity contribution in [1.29, 1.82) is 0 Å². The lowest BCUT2D eigenvalue weighted by Gasteiger charge is -2.17. The molecule has 6 nitrogen and oxygen atoms in total. The lowest BCUT2D eigenvalue weighted by Crippen LogP contribution is -2.30. The monoisotopic (exact) mass is 458 g/mol. The molecule has 1 amide bonds. The number of nitrogens with one attached hydrogen (secondary N) is 2. The van der Waals surface area contributed by atoms with Gasteiger partial charge in [-0.05, 0) is 86.5 Å². The van der Waals surface area contributed by atoms with E-state index >= 15 is 0 Å². The predicted octanol–water partition coefficient (Wildman–Crippen LogP) is 5.16. The van der Waals surface area contributed by atoms with Gasteiger partial charge in [-0.3, -0.25) is 9.52 Å². The number of aryl methyl sites for hydroxylation is 1. The lowest BCUT2D eigenvalue weighted by molar-refractivity contribution is -0.122. The highest BCUT2D eigenvalue weighted by Crippen LogP contribution is 2.23. The minimum atomic E-state index is -3.77. The van der Waals surface area contributed by atoms with Crippen molar-refractivity contribution in [1.82, 2.24) is 0 Å². The summed E-state index contributed by atoms with van der Waals surface area (Å²) < 4.78 is 33.3. The van der Waals surface area contributed by atoms with E-state index in [9.17, 15) is 13.2 Å². The normalized spacial score (nSPS) is 12.1. The fraction of sp³-hybridized carbons (Fsp3) is 0.174. The van der Waals surface area contributed by atoms with Gasteiger partial charge in [0.1, 0.15) is 5.75 Å². The van der Waals surface area contributed by atoms with Crippen molar-refractivity contribution < 1.29 is 17.9 Å². The van der Waals surface area contributed by atoms with E-state index < -0.39 is 16.1 Å². The second-order valence-corrected chi connectivity index (χ2v) is 9.20. The van der Waals surface area contributed by atoms with Gasteiger partial charge in [0.25, 0.3) is 15.9 Å². The van der Waals surface area contributed by atoms with Crippen LogP contribution in [0.3, 0.4) is 0 Å². The topological polar surface area (TPSA) is 84.5 Å². The predicted molar refractivity (Wildman–Crippen MR) is 123 cm³/mol. The highest BCUT2D eigenvalue weighted by atomic mass is 35.5. The van der Waals surface area contributed by atoms with Gasteiger partial charge in [0, 0.05) is 16.4 Å². The Kier molecular flexibility index (Phi) is 6.87. The number of carbonyl (C=O) groups is 1. The highest BCUT2D eigenvalue weighted by molar-refractivity contribution is 7.92. The number of hydrogen-bond acceptors (Lipinski definition) is 4. The molecule has 3 aromatic carbocycles. The third kappa shape index (κ3) is 5.77. The van der Waals surface area contributed by atoms with Crippen LogP contribution in [0.1, 0.15) is 18.1 Å². The molecule has 0 aromatic heterocycles. The highest BCUT2D eigenvalue weighted by Gasteiger charge is 2.18. The molecule has 8 heteroatoms. The molecule has 1 atom stereocenters. The van der Waals surface area contributed by atoms with Crippen LogP contribution in [0, 0.1) is 13.8 Å². The van der Waals surface area contributed by atoms with Crippen LogP contribution >= 0.6 is 11.6 Å². The molecule has 3 rings (SSSR count). The number of hydrogen-bond donors (Lipinski definition) is 2. The Bertz CT molecular complexity index is 1180.